The molecular formula is C12H16BrCl2N5O. The molecule has 0 spiro atoms. The first-order valence-corrected chi connectivity index (χ1v) is 6.48. The van der Waals surface area contributed by atoms with Crippen LogP contribution >= 0.6 is 40.7 Å². The van der Waals surface area contributed by atoms with Crippen molar-refractivity contribution >= 4 is 52.3 Å². The average molecular weight is 397 g/mol. The van der Waals surface area contributed by atoms with Gasteiger partial charge in [0.1, 0.15) is 6.33 Å². The fourth-order valence-electron chi connectivity index (χ4n) is 1.76. The third-order valence-corrected chi connectivity index (χ3v) is 3.23. The van der Waals surface area contributed by atoms with Crippen molar-refractivity contribution in [3.8, 4) is 0 Å². The lowest BCUT2D eigenvalue weighted by atomic mass is 10.1. The van der Waals surface area contributed by atoms with E-state index >= 15 is 0 Å². The Bertz CT molecular complexity index is 619. The molecule has 1 aromatic heterocycles. The van der Waals surface area contributed by atoms with Crippen LogP contribution < -0.4 is 11.1 Å². The SMILES string of the molecule is CC(NC(=O)c1ccc(Br)cc1N)c1nncn1C.Cl.Cl. The van der Waals surface area contributed by atoms with Crippen LogP contribution in [0.3, 0.4) is 0 Å². The first kappa shape index (κ1) is 19.7. The van der Waals surface area contributed by atoms with Crippen molar-refractivity contribution in [1.29, 1.82) is 0 Å². The van der Waals surface area contributed by atoms with Gasteiger partial charge in [-0.15, -0.1) is 35.0 Å². The highest BCUT2D eigenvalue weighted by Gasteiger charge is 2.16. The Morgan fingerprint density at radius 2 is 2.10 bits per heavy atom. The molecule has 6 nitrogen and oxygen atoms in total. The van der Waals surface area contributed by atoms with Gasteiger partial charge in [-0.2, -0.15) is 0 Å². The lowest BCUT2D eigenvalue weighted by Gasteiger charge is -2.14. The van der Waals surface area contributed by atoms with E-state index in [9.17, 15) is 4.79 Å². The van der Waals surface area contributed by atoms with E-state index in [0.717, 1.165) is 4.47 Å². The third kappa shape index (κ3) is 4.59. The summed E-state index contributed by atoms with van der Waals surface area (Å²) < 4.78 is 2.60. The average Bonchev–Trinajstić information content (AvgIpc) is 2.75. The molecule has 0 bridgehead atoms. The summed E-state index contributed by atoms with van der Waals surface area (Å²) in [4.78, 5) is 12.1. The van der Waals surface area contributed by atoms with Crippen LogP contribution in [-0.4, -0.2) is 20.7 Å². The normalized spacial score (nSPS) is 11.0. The molecule has 1 aromatic carbocycles. The second-order valence-corrected chi connectivity index (χ2v) is 5.14. The number of anilines is 1. The first-order valence-electron chi connectivity index (χ1n) is 5.69. The summed E-state index contributed by atoms with van der Waals surface area (Å²) in [5.74, 6) is 0.449. The quantitative estimate of drug-likeness (QED) is 0.780. The molecule has 0 radical (unpaired) electrons. The number of aryl methyl sites for hydroxylation is 1. The second-order valence-electron chi connectivity index (χ2n) is 4.23. The number of nitrogens with two attached hydrogens (primary N) is 1. The number of nitrogens with zero attached hydrogens (tertiary/aromatic N) is 3. The number of carbonyl (C=O) groups is 1. The zero-order chi connectivity index (χ0) is 14.0. The van der Waals surface area contributed by atoms with E-state index in [1.54, 1.807) is 29.1 Å². The molecule has 0 aliphatic heterocycles. The van der Waals surface area contributed by atoms with Crippen LogP contribution in [0, 0.1) is 0 Å². The van der Waals surface area contributed by atoms with E-state index < -0.39 is 0 Å². The van der Waals surface area contributed by atoms with Gasteiger partial charge in [0, 0.05) is 17.2 Å². The smallest absolute Gasteiger partial charge is 0.253 e. The number of nitrogens with one attached hydrogen (secondary N) is 1. The van der Waals surface area contributed by atoms with E-state index in [1.165, 1.54) is 0 Å². The highest BCUT2D eigenvalue weighted by Crippen LogP contribution is 2.19. The summed E-state index contributed by atoms with van der Waals surface area (Å²) >= 11 is 3.30. The monoisotopic (exact) mass is 395 g/mol. The van der Waals surface area contributed by atoms with Crippen molar-refractivity contribution < 1.29 is 4.79 Å². The molecule has 0 saturated carbocycles. The molecule has 0 aliphatic rings. The first-order chi connectivity index (χ1) is 8.99. The van der Waals surface area contributed by atoms with E-state index in [0.29, 0.717) is 17.1 Å². The standard InChI is InChI=1S/C12H14BrN5O.2ClH/c1-7(11-17-15-6-18(11)2)16-12(19)9-4-3-8(13)5-10(9)14;;/h3-7H,14H2,1-2H3,(H,16,19);2*1H. The topological polar surface area (TPSA) is 85.8 Å². The van der Waals surface area contributed by atoms with E-state index in [4.69, 9.17) is 5.73 Å². The summed E-state index contributed by atoms with van der Waals surface area (Å²) in [6.45, 7) is 1.84. The molecule has 1 heterocycles. The summed E-state index contributed by atoms with van der Waals surface area (Å²) in [5.41, 5.74) is 6.69. The highest BCUT2D eigenvalue weighted by atomic mass is 79.9. The van der Waals surface area contributed by atoms with Gasteiger partial charge in [0.25, 0.3) is 5.91 Å². The molecule has 0 saturated heterocycles. The number of nitrogen functional groups attached to an aromatic ring is 1. The number of hydrogen-bond donors (Lipinski definition) is 2. The third-order valence-electron chi connectivity index (χ3n) is 2.74. The molecule has 2 aromatic rings. The maximum absolute atomic E-state index is 12.1. The van der Waals surface area contributed by atoms with Gasteiger partial charge in [-0.05, 0) is 25.1 Å². The zero-order valence-electron chi connectivity index (χ0n) is 11.4. The molecule has 1 amide bonds. The maximum atomic E-state index is 12.1. The fraction of sp³-hybridized carbons (Fsp3) is 0.250. The molecule has 1 atom stereocenters. The fourth-order valence-corrected chi connectivity index (χ4v) is 2.14. The molecule has 116 valence electrons. The van der Waals surface area contributed by atoms with Crippen molar-refractivity contribution in [2.24, 2.45) is 7.05 Å². The largest absolute Gasteiger partial charge is 0.398 e. The Kier molecular flexibility index (Phi) is 7.70. The van der Waals surface area contributed by atoms with Crippen LogP contribution in [0.25, 0.3) is 0 Å². The molecule has 1 unspecified atom stereocenters. The molecule has 2 rings (SSSR count). The van der Waals surface area contributed by atoms with Gasteiger partial charge in [0.05, 0.1) is 11.6 Å². The van der Waals surface area contributed by atoms with Crippen molar-refractivity contribution in [1.82, 2.24) is 20.1 Å². The van der Waals surface area contributed by atoms with Crippen LogP contribution in [0.5, 0.6) is 0 Å². The lowest BCUT2D eigenvalue weighted by Crippen LogP contribution is -2.29. The molecule has 0 fully saturated rings. The van der Waals surface area contributed by atoms with Crippen LogP contribution in [0.2, 0.25) is 0 Å². The van der Waals surface area contributed by atoms with Gasteiger partial charge in [-0.3, -0.25) is 4.79 Å². The summed E-state index contributed by atoms with van der Waals surface area (Å²) in [6, 6.07) is 4.90. The molecular weight excluding hydrogens is 381 g/mol. The van der Waals surface area contributed by atoms with Gasteiger partial charge in [0.15, 0.2) is 5.82 Å². The lowest BCUT2D eigenvalue weighted by molar-refractivity contribution is 0.0938. The van der Waals surface area contributed by atoms with Crippen molar-refractivity contribution in [2.75, 3.05) is 5.73 Å². The predicted molar refractivity (Wildman–Crippen MR) is 89.9 cm³/mol. The van der Waals surface area contributed by atoms with Gasteiger partial charge in [-0.1, -0.05) is 15.9 Å². The number of hydrogen-bond acceptors (Lipinski definition) is 4. The van der Waals surface area contributed by atoms with Crippen molar-refractivity contribution in [2.45, 2.75) is 13.0 Å². The van der Waals surface area contributed by atoms with Gasteiger partial charge >= 0.3 is 0 Å². The number of carbonyl (C=O) groups excluding carboxylic acids is 1. The predicted octanol–water partition coefficient (Wildman–Crippen LogP) is 2.49. The molecule has 3 N–H and O–H groups in total. The number of rotatable bonds is 3. The minimum atomic E-state index is -0.247. The van der Waals surface area contributed by atoms with Gasteiger partial charge < -0.3 is 15.6 Å². The minimum Gasteiger partial charge on any atom is -0.398 e. The van der Waals surface area contributed by atoms with E-state index in [1.807, 2.05) is 14.0 Å². The second kappa shape index (κ2) is 8.21. The van der Waals surface area contributed by atoms with Crippen LogP contribution in [0.1, 0.15) is 29.1 Å². The Balaban J connectivity index is 0.00000200. The number of aromatic nitrogens is 3. The highest BCUT2D eigenvalue weighted by molar-refractivity contribution is 9.10. The van der Waals surface area contributed by atoms with Crippen molar-refractivity contribution in [3.05, 3.63) is 40.4 Å². The summed E-state index contributed by atoms with van der Waals surface area (Å²) in [7, 11) is 1.83. The van der Waals surface area contributed by atoms with Gasteiger partial charge in [-0.25, -0.2) is 0 Å². The number of benzene rings is 1. The maximum Gasteiger partial charge on any atom is 0.253 e. The van der Waals surface area contributed by atoms with Crippen LogP contribution in [0.4, 0.5) is 5.69 Å². The number of amides is 1. The summed E-state index contributed by atoms with van der Waals surface area (Å²) in [5, 5.41) is 10.6. The molecule has 21 heavy (non-hydrogen) atoms. The Labute approximate surface area is 143 Å². The summed E-state index contributed by atoms with van der Waals surface area (Å²) in [6.07, 6.45) is 1.59. The Morgan fingerprint density at radius 1 is 1.43 bits per heavy atom. The van der Waals surface area contributed by atoms with Crippen LogP contribution in [-0.2, 0) is 7.05 Å². The van der Waals surface area contributed by atoms with E-state index in [-0.39, 0.29) is 36.8 Å². The number of halogens is 3. The van der Waals surface area contributed by atoms with E-state index in [2.05, 4.69) is 31.4 Å². The molecule has 9 heteroatoms. The zero-order valence-corrected chi connectivity index (χ0v) is 14.6. The Hall–Kier alpha value is -1.31. The minimum absolute atomic E-state index is 0. The Morgan fingerprint density at radius 3 is 2.62 bits per heavy atom. The van der Waals surface area contributed by atoms with Crippen molar-refractivity contribution in [3.63, 3.8) is 0 Å². The van der Waals surface area contributed by atoms with Crippen LogP contribution in [0.15, 0.2) is 29.0 Å². The molecule has 0 aliphatic carbocycles. The van der Waals surface area contributed by atoms with Gasteiger partial charge in [0.2, 0.25) is 0 Å².